The molecule has 132 valence electrons. The summed E-state index contributed by atoms with van der Waals surface area (Å²) in [6, 6.07) is 3.93. The Labute approximate surface area is 160 Å². The standard InChI is InChI=1S/C18H21IN4O2/c1-23-6-7-25-13(10-23)8-12-9-21-18(24)14-15(19)17(22-16(12)14)11-2-4-20-5-3-11/h2-5,12-13,22H,6-10H2,1H3,(H,21,24)/t12?,13-/m1/s1. The van der Waals surface area contributed by atoms with Crippen molar-refractivity contribution in [2.45, 2.75) is 18.4 Å². The summed E-state index contributed by atoms with van der Waals surface area (Å²) in [6.07, 6.45) is 4.66. The number of amides is 1. The van der Waals surface area contributed by atoms with Crippen molar-refractivity contribution in [2.24, 2.45) is 0 Å². The van der Waals surface area contributed by atoms with Crippen molar-refractivity contribution in [3.63, 3.8) is 0 Å². The maximum Gasteiger partial charge on any atom is 0.254 e. The number of likely N-dealkylation sites (N-methyl/N-ethyl adjacent to an activating group) is 1. The van der Waals surface area contributed by atoms with Crippen LogP contribution in [0.3, 0.4) is 0 Å². The summed E-state index contributed by atoms with van der Waals surface area (Å²) in [4.78, 5) is 22.4. The first-order chi connectivity index (χ1) is 12.1. The van der Waals surface area contributed by atoms with Gasteiger partial charge in [-0.25, -0.2) is 0 Å². The summed E-state index contributed by atoms with van der Waals surface area (Å²) in [6.45, 7) is 3.35. The second kappa shape index (κ2) is 7.05. The fraction of sp³-hybridized carbons (Fsp3) is 0.444. The van der Waals surface area contributed by atoms with E-state index in [1.807, 2.05) is 12.1 Å². The second-order valence-electron chi connectivity index (χ2n) is 6.74. The number of pyridine rings is 1. The molecular weight excluding hydrogens is 431 g/mol. The average molecular weight is 452 g/mol. The van der Waals surface area contributed by atoms with E-state index in [-0.39, 0.29) is 17.9 Å². The number of morpholine rings is 1. The van der Waals surface area contributed by atoms with E-state index in [9.17, 15) is 4.79 Å². The number of nitrogens with one attached hydrogen (secondary N) is 2. The minimum absolute atomic E-state index is 0.00823. The van der Waals surface area contributed by atoms with Gasteiger partial charge in [0.1, 0.15) is 0 Å². The Bertz CT molecular complexity index is 777. The van der Waals surface area contributed by atoms with E-state index < -0.39 is 0 Å². The van der Waals surface area contributed by atoms with Crippen LogP contribution in [0.2, 0.25) is 0 Å². The summed E-state index contributed by atoms with van der Waals surface area (Å²) in [5.74, 6) is 0.252. The van der Waals surface area contributed by atoms with Crippen LogP contribution >= 0.6 is 22.6 Å². The minimum atomic E-state index is 0.00823. The van der Waals surface area contributed by atoms with Crippen LogP contribution in [0.1, 0.15) is 28.4 Å². The van der Waals surface area contributed by atoms with Crippen LogP contribution in [0.5, 0.6) is 0 Å². The van der Waals surface area contributed by atoms with Crippen molar-refractivity contribution < 1.29 is 9.53 Å². The Morgan fingerprint density at radius 3 is 2.96 bits per heavy atom. The molecule has 0 saturated carbocycles. The van der Waals surface area contributed by atoms with Gasteiger partial charge < -0.3 is 19.9 Å². The molecule has 7 heteroatoms. The molecule has 0 aromatic carbocycles. The number of aromatic nitrogens is 2. The third-order valence-corrected chi connectivity index (χ3v) is 6.05. The first kappa shape index (κ1) is 17.0. The molecule has 2 aromatic heterocycles. The number of halogens is 1. The molecule has 0 bridgehead atoms. The Morgan fingerprint density at radius 2 is 2.20 bits per heavy atom. The van der Waals surface area contributed by atoms with Crippen LogP contribution in [-0.2, 0) is 4.74 Å². The lowest BCUT2D eigenvalue weighted by Gasteiger charge is -2.33. The summed E-state index contributed by atoms with van der Waals surface area (Å²) >= 11 is 2.27. The SMILES string of the molecule is CN1CCO[C@H](CC2CNC(=O)c3c2[nH]c(-c2ccncc2)c3I)C1. The fourth-order valence-corrected chi connectivity index (χ4v) is 4.66. The molecule has 1 fully saturated rings. The summed E-state index contributed by atoms with van der Waals surface area (Å²) in [7, 11) is 2.13. The molecule has 25 heavy (non-hydrogen) atoms. The average Bonchev–Trinajstić information content (AvgIpc) is 2.97. The zero-order valence-corrected chi connectivity index (χ0v) is 16.2. The van der Waals surface area contributed by atoms with Crippen molar-refractivity contribution in [1.82, 2.24) is 20.2 Å². The van der Waals surface area contributed by atoms with Gasteiger partial charge in [-0.2, -0.15) is 0 Å². The summed E-state index contributed by atoms with van der Waals surface area (Å²) < 4.78 is 6.91. The number of ether oxygens (including phenoxy) is 1. The maximum atomic E-state index is 12.5. The normalized spacial score (nSPS) is 24.0. The number of H-pyrrole nitrogens is 1. The molecule has 4 heterocycles. The molecule has 2 atom stereocenters. The Kier molecular flexibility index (Phi) is 4.79. The molecule has 1 amide bonds. The Morgan fingerprint density at radius 1 is 1.40 bits per heavy atom. The maximum absolute atomic E-state index is 12.5. The zero-order chi connectivity index (χ0) is 17.4. The highest BCUT2D eigenvalue weighted by atomic mass is 127. The van der Waals surface area contributed by atoms with Gasteiger partial charge in [-0.3, -0.25) is 9.78 Å². The molecule has 1 saturated heterocycles. The smallest absolute Gasteiger partial charge is 0.254 e. The largest absolute Gasteiger partial charge is 0.376 e. The predicted molar refractivity (Wildman–Crippen MR) is 104 cm³/mol. The van der Waals surface area contributed by atoms with Gasteiger partial charge in [0.05, 0.1) is 27.5 Å². The lowest BCUT2D eigenvalue weighted by atomic mass is 9.91. The number of aromatic amines is 1. The Balaban J connectivity index is 1.66. The van der Waals surface area contributed by atoms with Gasteiger partial charge in [-0.15, -0.1) is 0 Å². The van der Waals surface area contributed by atoms with Crippen LogP contribution < -0.4 is 5.32 Å². The van der Waals surface area contributed by atoms with E-state index in [4.69, 9.17) is 4.74 Å². The van der Waals surface area contributed by atoms with Gasteiger partial charge in [0.25, 0.3) is 5.91 Å². The molecule has 2 N–H and O–H groups in total. The molecule has 4 rings (SSSR count). The van der Waals surface area contributed by atoms with Crippen LogP contribution in [0, 0.1) is 3.57 Å². The van der Waals surface area contributed by atoms with Crippen LogP contribution in [0.15, 0.2) is 24.5 Å². The van der Waals surface area contributed by atoms with Gasteiger partial charge in [0.15, 0.2) is 0 Å². The minimum Gasteiger partial charge on any atom is -0.376 e. The van der Waals surface area contributed by atoms with Crippen LogP contribution in [0.4, 0.5) is 0 Å². The molecular formula is C18H21IN4O2. The monoisotopic (exact) mass is 452 g/mol. The van der Waals surface area contributed by atoms with Gasteiger partial charge in [0.2, 0.25) is 0 Å². The van der Waals surface area contributed by atoms with Crippen molar-refractivity contribution in [3.05, 3.63) is 39.4 Å². The number of hydrogen-bond acceptors (Lipinski definition) is 4. The second-order valence-corrected chi connectivity index (χ2v) is 7.81. The highest BCUT2D eigenvalue weighted by Gasteiger charge is 2.33. The van der Waals surface area contributed by atoms with E-state index in [0.717, 1.165) is 52.2 Å². The fourth-order valence-electron chi connectivity index (χ4n) is 3.68. The van der Waals surface area contributed by atoms with E-state index in [2.05, 4.69) is 49.8 Å². The van der Waals surface area contributed by atoms with E-state index in [1.54, 1.807) is 12.4 Å². The van der Waals surface area contributed by atoms with E-state index in [1.165, 1.54) is 0 Å². The van der Waals surface area contributed by atoms with Gasteiger partial charge >= 0.3 is 0 Å². The van der Waals surface area contributed by atoms with Crippen molar-refractivity contribution in [3.8, 4) is 11.3 Å². The van der Waals surface area contributed by atoms with Gasteiger partial charge in [-0.05, 0) is 48.2 Å². The van der Waals surface area contributed by atoms with E-state index in [0.29, 0.717) is 6.54 Å². The number of nitrogens with zero attached hydrogens (tertiary/aromatic N) is 2. The number of fused-ring (bicyclic) bond motifs is 1. The van der Waals surface area contributed by atoms with Crippen molar-refractivity contribution in [2.75, 3.05) is 33.3 Å². The van der Waals surface area contributed by atoms with Crippen molar-refractivity contribution >= 4 is 28.5 Å². The number of hydrogen-bond donors (Lipinski definition) is 2. The quantitative estimate of drug-likeness (QED) is 0.702. The Hall–Kier alpha value is -1.45. The number of rotatable bonds is 3. The van der Waals surface area contributed by atoms with Gasteiger partial charge in [0, 0.05) is 49.2 Å². The third kappa shape index (κ3) is 3.32. The van der Waals surface area contributed by atoms with Crippen LogP contribution in [0.25, 0.3) is 11.3 Å². The van der Waals surface area contributed by atoms with Crippen molar-refractivity contribution in [1.29, 1.82) is 0 Å². The molecule has 6 nitrogen and oxygen atoms in total. The van der Waals surface area contributed by atoms with E-state index >= 15 is 0 Å². The molecule has 2 aliphatic heterocycles. The molecule has 2 aromatic rings. The lowest BCUT2D eigenvalue weighted by molar-refractivity contribution is -0.0268. The first-order valence-corrected chi connectivity index (χ1v) is 9.61. The number of carbonyl (C=O) groups excluding carboxylic acids is 1. The predicted octanol–water partition coefficient (Wildman–Crippen LogP) is 2.23. The first-order valence-electron chi connectivity index (χ1n) is 8.53. The van der Waals surface area contributed by atoms with Gasteiger partial charge in [-0.1, -0.05) is 0 Å². The molecule has 0 aliphatic carbocycles. The summed E-state index contributed by atoms with van der Waals surface area (Å²) in [5.41, 5.74) is 3.87. The van der Waals surface area contributed by atoms with Crippen LogP contribution in [-0.4, -0.2) is 60.2 Å². The zero-order valence-electron chi connectivity index (χ0n) is 14.1. The summed E-state index contributed by atoms with van der Waals surface area (Å²) in [5, 5.41) is 3.05. The number of carbonyl (C=O) groups is 1. The molecule has 0 radical (unpaired) electrons. The highest BCUT2D eigenvalue weighted by Crippen LogP contribution is 2.36. The molecule has 2 aliphatic rings. The topological polar surface area (TPSA) is 70.2 Å². The third-order valence-electron chi connectivity index (χ3n) is 4.97. The highest BCUT2D eigenvalue weighted by molar-refractivity contribution is 14.1. The molecule has 0 spiro atoms. The molecule has 1 unspecified atom stereocenters. The lowest BCUT2D eigenvalue weighted by Crippen LogP contribution is -2.43.